The molecule has 0 saturated heterocycles. The second-order valence-electron chi connectivity index (χ2n) is 5.94. The summed E-state index contributed by atoms with van der Waals surface area (Å²) in [5, 5.41) is 7.92. The minimum absolute atomic E-state index is 0.0375. The molecule has 24 heavy (non-hydrogen) atoms. The van der Waals surface area contributed by atoms with E-state index < -0.39 is 0 Å². The molecule has 0 radical (unpaired) electrons. The van der Waals surface area contributed by atoms with E-state index in [-0.39, 0.29) is 11.8 Å². The second-order valence-corrected chi connectivity index (χ2v) is 5.94. The SMILES string of the molecule is O=C1CCc2cc(NC(=O)c3ccc4ccccc4c3)ccc2N1. The fourth-order valence-corrected chi connectivity index (χ4v) is 2.99. The molecular weight excluding hydrogens is 300 g/mol. The van der Waals surface area contributed by atoms with E-state index in [4.69, 9.17) is 0 Å². The van der Waals surface area contributed by atoms with Gasteiger partial charge in [0.05, 0.1) is 0 Å². The van der Waals surface area contributed by atoms with Crippen molar-refractivity contribution < 1.29 is 9.59 Å². The second kappa shape index (κ2) is 5.81. The normalized spacial score (nSPS) is 13.2. The molecule has 4 nitrogen and oxygen atoms in total. The van der Waals surface area contributed by atoms with Crippen LogP contribution in [0.15, 0.2) is 60.7 Å². The lowest BCUT2D eigenvalue weighted by Gasteiger charge is -2.17. The average molecular weight is 316 g/mol. The van der Waals surface area contributed by atoms with E-state index in [0.717, 1.165) is 27.7 Å². The molecule has 0 atom stereocenters. The highest BCUT2D eigenvalue weighted by atomic mass is 16.2. The number of fused-ring (bicyclic) bond motifs is 2. The van der Waals surface area contributed by atoms with E-state index in [1.165, 1.54) is 0 Å². The fourth-order valence-electron chi connectivity index (χ4n) is 2.99. The fraction of sp³-hybridized carbons (Fsp3) is 0.100. The van der Waals surface area contributed by atoms with Crippen LogP contribution in [0.4, 0.5) is 11.4 Å². The van der Waals surface area contributed by atoms with Crippen LogP contribution in [0.3, 0.4) is 0 Å². The van der Waals surface area contributed by atoms with E-state index in [2.05, 4.69) is 10.6 Å². The predicted molar refractivity (Wildman–Crippen MR) is 95.3 cm³/mol. The van der Waals surface area contributed by atoms with Crippen molar-refractivity contribution in [3.63, 3.8) is 0 Å². The monoisotopic (exact) mass is 316 g/mol. The van der Waals surface area contributed by atoms with Crippen molar-refractivity contribution in [1.82, 2.24) is 0 Å². The van der Waals surface area contributed by atoms with E-state index in [9.17, 15) is 9.59 Å². The van der Waals surface area contributed by atoms with Crippen LogP contribution in [-0.4, -0.2) is 11.8 Å². The van der Waals surface area contributed by atoms with E-state index >= 15 is 0 Å². The number of hydrogen-bond donors (Lipinski definition) is 2. The lowest BCUT2D eigenvalue weighted by molar-refractivity contribution is -0.116. The van der Waals surface area contributed by atoms with Gasteiger partial charge in [0.2, 0.25) is 5.91 Å². The lowest BCUT2D eigenvalue weighted by atomic mass is 10.0. The van der Waals surface area contributed by atoms with Crippen LogP contribution in [0, 0.1) is 0 Å². The highest BCUT2D eigenvalue weighted by Gasteiger charge is 2.15. The number of carbonyl (C=O) groups excluding carboxylic acids is 2. The summed E-state index contributed by atoms with van der Waals surface area (Å²) >= 11 is 0. The van der Waals surface area contributed by atoms with Crippen molar-refractivity contribution in [2.75, 3.05) is 10.6 Å². The van der Waals surface area contributed by atoms with Crippen molar-refractivity contribution in [2.45, 2.75) is 12.8 Å². The van der Waals surface area contributed by atoms with Gasteiger partial charge in [-0.3, -0.25) is 9.59 Å². The molecule has 1 aliphatic rings. The van der Waals surface area contributed by atoms with E-state index in [0.29, 0.717) is 18.4 Å². The first-order valence-corrected chi connectivity index (χ1v) is 7.92. The van der Waals surface area contributed by atoms with Crippen LogP contribution in [0.1, 0.15) is 22.3 Å². The molecule has 3 aromatic rings. The minimum atomic E-state index is -0.138. The molecule has 3 aromatic carbocycles. The molecule has 2 N–H and O–H groups in total. The molecule has 0 spiro atoms. The zero-order valence-corrected chi connectivity index (χ0v) is 13.0. The molecule has 1 aliphatic heterocycles. The number of nitrogens with one attached hydrogen (secondary N) is 2. The average Bonchev–Trinajstić information content (AvgIpc) is 2.61. The third-order valence-electron chi connectivity index (χ3n) is 4.27. The number of aryl methyl sites for hydroxylation is 1. The van der Waals surface area contributed by atoms with Gasteiger partial charge >= 0.3 is 0 Å². The molecule has 4 rings (SSSR count). The Bertz CT molecular complexity index is 963. The Kier molecular flexibility index (Phi) is 3.50. The van der Waals surface area contributed by atoms with Crippen molar-refractivity contribution in [3.8, 4) is 0 Å². The highest BCUT2D eigenvalue weighted by molar-refractivity contribution is 6.06. The Morgan fingerprint density at radius 3 is 2.62 bits per heavy atom. The predicted octanol–water partition coefficient (Wildman–Crippen LogP) is 3.98. The van der Waals surface area contributed by atoms with Crippen molar-refractivity contribution in [3.05, 3.63) is 71.8 Å². The quantitative estimate of drug-likeness (QED) is 0.751. The summed E-state index contributed by atoms with van der Waals surface area (Å²) in [4.78, 5) is 23.9. The first-order chi connectivity index (χ1) is 11.7. The Morgan fingerprint density at radius 1 is 0.917 bits per heavy atom. The summed E-state index contributed by atoms with van der Waals surface area (Å²) in [6, 6.07) is 19.2. The Labute approximate surface area is 139 Å². The lowest BCUT2D eigenvalue weighted by Crippen LogP contribution is -2.19. The largest absolute Gasteiger partial charge is 0.326 e. The number of benzene rings is 3. The van der Waals surface area contributed by atoms with Crippen molar-refractivity contribution >= 4 is 34.0 Å². The first-order valence-electron chi connectivity index (χ1n) is 7.92. The van der Waals surface area contributed by atoms with Crippen LogP contribution < -0.4 is 10.6 Å². The molecule has 0 unspecified atom stereocenters. The summed E-state index contributed by atoms with van der Waals surface area (Å²) in [7, 11) is 0. The smallest absolute Gasteiger partial charge is 0.255 e. The van der Waals surface area contributed by atoms with Gasteiger partial charge in [-0.2, -0.15) is 0 Å². The molecule has 0 fully saturated rings. The Hall–Kier alpha value is -3.14. The third-order valence-corrected chi connectivity index (χ3v) is 4.27. The van der Waals surface area contributed by atoms with Crippen LogP contribution in [0.25, 0.3) is 10.8 Å². The van der Waals surface area contributed by atoms with Gasteiger partial charge in [-0.1, -0.05) is 30.3 Å². The number of rotatable bonds is 2. The molecule has 1 heterocycles. The summed E-state index contributed by atoms with van der Waals surface area (Å²) in [6.45, 7) is 0. The van der Waals surface area contributed by atoms with Crippen LogP contribution in [-0.2, 0) is 11.2 Å². The van der Waals surface area contributed by atoms with Crippen LogP contribution in [0.2, 0.25) is 0 Å². The van der Waals surface area contributed by atoms with Gasteiger partial charge in [0.15, 0.2) is 0 Å². The molecule has 0 bridgehead atoms. The van der Waals surface area contributed by atoms with Gasteiger partial charge in [-0.15, -0.1) is 0 Å². The standard InChI is InChI=1S/C20H16N2O2/c23-19-10-7-15-12-17(8-9-18(15)22-19)21-20(24)16-6-5-13-3-1-2-4-14(13)11-16/h1-6,8-9,11-12H,7,10H2,(H,21,24)(H,22,23). The molecule has 0 aromatic heterocycles. The van der Waals surface area contributed by atoms with Crippen LogP contribution >= 0.6 is 0 Å². The first kappa shape index (κ1) is 14.5. The minimum Gasteiger partial charge on any atom is -0.326 e. The summed E-state index contributed by atoms with van der Waals surface area (Å²) in [6.07, 6.45) is 1.18. The number of hydrogen-bond acceptors (Lipinski definition) is 2. The Balaban J connectivity index is 1.58. The van der Waals surface area contributed by atoms with E-state index in [1.807, 2.05) is 60.7 Å². The topological polar surface area (TPSA) is 58.2 Å². The summed E-state index contributed by atoms with van der Waals surface area (Å²) in [5.74, 6) is -0.101. The van der Waals surface area contributed by atoms with Gasteiger partial charge in [-0.05, 0) is 53.1 Å². The molecule has 0 aliphatic carbocycles. The molecule has 2 amide bonds. The van der Waals surface area contributed by atoms with Crippen LogP contribution in [0.5, 0.6) is 0 Å². The maximum absolute atomic E-state index is 12.5. The number of amides is 2. The number of anilines is 2. The van der Waals surface area contributed by atoms with Gasteiger partial charge in [0.25, 0.3) is 5.91 Å². The maximum atomic E-state index is 12.5. The molecule has 118 valence electrons. The van der Waals surface area contributed by atoms with Gasteiger partial charge in [0.1, 0.15) is 0 Å². The highest BCUT2D eigenvalue weighted by Crippen LogP contribution is 2.26. The zero-order valence-electron chi connectivity index (χ0n) is 13.0. The molecule has 4 heteroatoms. The summed E-state index contributed by atoms with van der Waals surface area (Å²) in [5.41, 5.74) is 3.24. The summed E-state index contributed by atoms with van der Waals surface area (Å²) < 4.78 is 0. The number of carbonyl (C=O) groups is 2. The van der Waals surface area contributed by atoms with E-state index in [1.54, 1.807) is 0 Å². The maximum Gasteiger partial charge on any atom is 0.255 e. The van der Waals surface area contributed by atoms with Gasteiger partial charge in [0, 0.05) is 23.4 Å². The Morgan fingerprint density at radius 2 is 1.75 bits per heavy atom. The third kappa shape index (κ3) is 2.74. The molecule has 0 saturated carbocycles. The van der Waals surface area contributed by atoms with Gasteiger partial charge < -0.3 is 10.6 Å². The molecular formula is C20H16N2O2. The van der Waals surface area contributed by atoms with Crippen molar-refractivity contribution in [2.24, 2.45) is 0 Å². The van der Waals surface area contributed by atoms with Crippen molar-refractivity contribution in [1.29, 1.82) is 0 Å². The zero-order chi connectivity index (χ0) is 16.5. The van der Waals surface area contributed by atoms with Gasteiger partial charge in [-0.25, -0.2) is 0 Å².